The molecular weight excluding hydrogens is 412 g/mol. The Kier molecular flexibility index (Phi) is 8.31. The van der Waals surface area contributed by atoms with E-state index < -0.39 is 67.4 Å². The Bertz CT molecular complexity index is 567. The lowest BCUT2D eigenvalue weighted by Crippen LogP contribution is -2.56. The molecule has 12 atom stereocenters. The molecule has 0 aliphatic carbocycles. The Morgan fingerprint density at radius 3 is 1.55 bits per heavy atom. The summed E-state index contributed by atoms with van der Waals surface area (Å²) in [5.41, 5.74) is 0. The first-order valence-corrected chi connectivity index (χ1v) is 11.0. The zero-order chi connectivity index (χ0) is 22.9. The summed E-state index contributed by atoms with van der Waals surface area (Å²) < 4.78 is 34.4. The van der Waals surface area contributed by atoms with Crippen molar-refractivity contribution in [2.75, 3.05) is 0 Å². The molecule has 0 saturated carbocycles. The molecule has 10 nitrogen and oxygen atoms in total. The van der Waals surface area contributed by atoms with E-state index in [1.807, 2.05) is 13.8 Å². The van der Waals surface area contributed by atoms with Gasteiger partial charge in [0.15, 0.2) is 18.7 Å². The van der Waals surface area contributed by atoms with Crippen LogP contribution >= 0.6 is 0 Å². The third-order valence-corrected chi connectivity index (χ3v) is 6.07. The van der Waals surface area contributed by atoms with Gasteiger partial charge in [-0.2, -0.15) is 0 Å². The van der Waals surface area contributed by atoms with Crippen molar-refractivity contribution in [3.8, 4) is 0 Å². The van der Waals surface area contributed by atoms with Crippen molar-refractivity contribution in [2.45, 2.75) is 128 Å². The summed E-state index contributed by atoms with van der Waals surface area (Å²) in [6.45, 7) is 8.46. The number of ether oxygens (including phenoxy) is 6. The van der Waals surface area contributed by atoms with Crippen molar-refractivity contribution in [1.29, 1.82) is 0 Å². The number of hydrogen-bond acceptors (Lipinski definition) is 10. The highest BCUT2D eigenvalue weighted by Crippen LogP contribution is 2.31. The average molecular weight is 449 g/mol. The maximum absolute atomic E-state index is 11.2. The summed E-state index contributed by atoms with van der Waals surface area (Å²) in [6, 6.07) is 0. The van der Waals surface area contributed by atoms with E-state index in [-0.39, 0.29) is 25.0 Å². The smallest absolute Gasteiger partial charge is 0.303 e. The minimum atomic E-state index is -0.942. The molecule has 3 heterocycles. The lowest BCUT2D eigenvalue weighted by atomic mass is 9.98. The van der Waals surface area contributed by atoms with Crippen LogP contribution in [-0.2, 0) is 33.2 Å². The number of carbonyl (C=O) groups is 1. The van der Waals surface area contributed by atoms with Gasteiger partial charge in [0.25, 0.3) is 0 Å². The summed E-state index contributed by atoms with van der Waals surface area (Å²) in [7, 11) is 0. The Hall–Kier alpha value is -0.850. The van der Waals surface area contributed by atoms with Crippen LogP contribution in [-0.4, -0.2) is 94.9 Å². The third kappa shape index (κ3) is 6.14. The normalized spacial score (nSPS) is 48.9. The Morgan fingerprint density at radius 2 is 1.13 bits per heavy atom. The predicted octanol–water partition coefficient (Wildman–Crippen LogP) is 0.238. The summed E-state index contributed by atoms with van der Waals surface area (Å²) in [5, 5.41) is 31.4. The van der Waals surface area contributed by atoms with Crippen molar-refractivity contribution in [1.82, 2.24) is 0 Å². The molecule has 3 rings (SSSR count). The van der Waals surface area contributed by atoms with E-state index in [9.17, 15) is 20.1 Å². The van der Waals surface area contributed by atoms with Gasteiger partial charge >= 0.3 is 5.97 Å². The first-order valence-electron chi connectivity index (χ1n) is 11.0. The first kappa shape index (κ1) is 24.8. The zero-order valence-electron chi connectivity index (χ0n) is 18.7. The second kappa shape index (κ2) is 10.4. The molecule has 3 aliphatic rings. The Morgan fingerprint density at radius 1 is 0.710 bits per heavy atom. The maximum Gasteiger partial charge on any atom is 0.303 e. The second-order valence-electron chi connectivity index (χ2n) is 8.88. The molecular formula is C21H36O10. The first-order chi connectivity index (χ1) is 14.5. The fourth-order valence-corrected chi connectivity index (χ4v) is 4.61. The molecule has 0 aromatic heterocycles. The fraction of sp³-hybridized carbons (Fsp3) is 0.952. The quantitative estimate of drug-likeness (QED) is 0.502. The van der Waals surface area contributed by atoms with Crippen molar-refractivity contribution >= 4 is 5.97 Å². The number of aliphatic hydroxyl groups excluding tert-OH is 3. The van der Waals surface area contributed by atoms with Gasteiger partial charge in [0, 0.05) is 26.2 Å². The molecule has 0 aromatic rings. The minimum Gasteiger partial charge on any atom is -0.457 e. The van der Waals surface area contributed by atoms with Crippen LogP contribution in [0.2, 0.25) is 0 Å². The van der Waals surface area contributed by atoms with E-state index in [0.29, 0.717) is 6.42 Å². The average Bonchev–Trinajstić information content (AvgIpc) is 2.64. The molecule has 0 bridgehead atoms. The van der Waals surface area contributed by atoms with Gasteiger partial charge in [-0.3, -0.25) is 4.79 Å². The number of esters is 1. The highest BCUT2D eigenvalue weighted by molar-refractivity contribution is 5.66. The highest BCUT2D eigenvalue weighted by atomic mass is 16.7. The zero-order valence-corrected chi connectivity index (χ0v) is 18.7. The Labute approximate surface area is 182 Å². The molecule has 0 spiro atoms. The van der Waals surface area contributed by atoms with Crippen LogP contribution in [0.1, 0.15) is 53.9 Å². The molecule has 31 heavy (non-hydrogen) atoms. The standard InChI is InChI=1S/C21H36O10/c1-9-6-14(23)20(10(2)26-9)30-18-8-16(25)21(12(4)28-18)31-17-7-15(24)19(11(3)27-17)29-13(5)22/h9-12,14-21,23-25H,6-8H2,1-5H3/t9-,10+,11+,12+,14-,15-,16-,17?,18?,19+,20+,21+/m0/s1. The summed E-state index contributed by atoms with van der Waals surface area (Å²) in [4.78, 5) is 11.2. The van der Waals surface area contributed by atoms with Gasteiger partial charge in [0.05, 0.1) is 42.7 Å². The van der Waals surface area contributed by atoms with Gasteiger partial charge < -0.3 is 43.7 Å². The molecule has 3 aliphatic heterocycles. The van der Waals surface area contributed by atoms with Gasteiger partial charge in [-0.05, 0) is 27.7 Å². The molecule has 180 valence electrons. The van der Waals surface area contributed by atoms with Crippen molar-refractivity contribution < 1.29 is 48.5 Å². The number of carbonyl (C=O) groups excluding carboxylic acids is 1. The van der Waals surface area contributed by atoms with Crippen molar-refractivity contribution in [2.24, 2.45) is 0 Å². The largest absolute Gasteiger partial charge is 0.457 e. The summed E-state index contributed by atoms with van der Waals surface area (Å²) >= 11 is 0. The molecule has 0 amide bonds. The Balaban J connectivity index is 1.53. The van der Waals surface area contributed by atoms with E-state index in [1.165, 1.54) is 6.92 Å². The topological polar surface area (TPSA) is 133 Å². The van der Waals surface area contributed by atoms with Crippen molar-refractivity contribution in [3.63, 3.8) is 0 Å². The van der Waals surface area contributed by atoms with E-state index in [0.717, 1.165) is 0 Å². The number of rotatable bonds is 5. The van der Waals surface area contributed by atoms with Crippen LogP contribution in [0.4, 0.5) is 0 Å². The molecule has 0 aromatic carbocycles. The predicted molar refractivity (Wildman–Crippen MR) is 106 cm³/mol. The van der Waals surface area contributed by atoms with Crippen LogP contribution in [0.25, 0.3) is 0 Å². The SMILES string of the molecule is CC(=O)O[C@H]1[C@@H](O)CC(O[C@H]2[C@@H](O)CC(O[C@H]3[C@@H](O)C[C@H](C)O[C@@H]3C)O[C@@H]2C)O[C@@H]1C. The molecule has 3 fully saturated rings. The monoisotopic (exact) mass is 448 g/mol. The molecule has 2 unspecified atom stereocenters. The lowest BCUT2D eigenvalue weighted by Gasteiger charge is -2.44. The molecule has 3 N–H and O–H groups in total. The summed E-state index contributed by atoms with van der Waals surface area (Å²) in [6.07, 6.45) is -6.73. The van der Waals surface area contributed by atoms with Gasteiger partial charge in [-0.15, -0.1) is 0 Å². The molecule has 3 saturated heterocycles. The summed E-state index contributed by atoms with van der Waals surface area (Å²) in [5.74, 6) is -0.494. The van der Waals surface area contributed by atoms with Crippen LogP contribution in [0.15, 0.2) is 0 Å². The fourth-order valence-electron chi connectivity index (χ4n) is 4.61. The van der Waals surface area contributed by atoms with E-state index >= 15 is 0 Å². The van der Waals surface area contributed by atoms with Crippen LogP contribution < -0.4 is 0 Å². The number of aliphatic hydroxyl groups is 3. The molecule has 0 radical (unpaired) electrons. The third-order valence-electron chi connectivity index (χ3n) is 6.07. The van der Waals surface area contributed by atoms with Gasteiger partial charge in [0.1, 0.15) is 12.2 Å². The van der Waals surface area contributed by atoms with E-state index in [2.05, 4.69) is 0 Å². The van der Waals surface area contributed by atoms with Crippen LogP contribution in [0.3, 0.4) is 0 Å². The van der Waals surface area contributed by atoms with Crippen molar-refractivity contribution in [3.05, 3.63) is 0 Å². The maximum atomic E-state index is 11.2. The minimum absolute atomic E-state index is 0.0481. The number of hydrogen-bond donors (Lipinski definition) is 3. The van der Waals surface area contributed by atoms with E-state index in [4.69, 9.17) is 28.4 Å². The molecule has 10 heteroatoms. The van der Waals surface area contributed by atoms with Gasteiger partial charge in [-0.1, -0.05) is 0 Å². The lowest BCUT2D eigenvalue weighted by molar-refractivity contribution is -0.326. The van der Waals surface area contributed by atoms with Gasteiger partial charge in [-0.25, -0.2) is 0 Å². The van der Waals surface area contributed by atoms with Crippen LogP contribution in [0.5, 0.6) is 0 Å². The highest BCUT2D eigenvalue weighted by Gasteiger charge is 2.45. The second-order valence-corrected chi connectivity index (χ2v) is 8.88. The van der Waals surface area contributed by atoms with Crippen LogP contribution in [0, 0.1) is 0 Å². The van der Waals surface area contributed by atoms with E-state index in [1.54, 1.807) is 13.8 Å². The van der Waals surface area contributed by atoms with Gasteiger partial charge in [0.2, 0.25) is 0 Å².